The summed E-state index contributed by atoms with van der Waals surface area (Å²) in [5, 5.41) is 0. The van der Waals surface area contributed by atoms with Gasteiger partial charge < -0.3 is 0 Å². The molecule has 1 atom stereocenters. The van der Waals surface area contributed by atoms with E-state index in [4.69, 9.17) is 11.6 Å². The van der Waals surface area contributed by atoms with Crippen molar-refractivity contribution in [3.8, 4) is 0 Å². The van der Waals surface area contributed by atoms with Gasteiger partial charge in [0.05, 0.1) is 0 Å². The standard InChI is InChI=1S/C13H19ClS/c1-11-5-3-4-6-13(11)9-12(10-14)7-8-15-2/h3-6,12H,7-10H2,1-2H3. The second-order valence-corrected chi connectivity index (χ2v) is 5.23. The van der Waals surface area contributed by atoms with Crippen LogP contribution in [0.5, 0.6) is 0 Å². The number of rotatable bonds is 6. The van der Waals surface area contributed by atoms with Crippen molar-refractivity contribution in [2.24, 2.45) is 5.92 Å². The summed E-state index contributed by atoms with van der Waals surface area (Å²) < 4.78 is 0. The van der Waals surface area contributed by atoms with Gasteiger partial charge >= 0.3 is 0 Å². The Morgan fingerprint density at radius 1 is 1.33 bits per heavy atom. The zero-order valence-corrected chi connectivity index (χ0v) is 11.1. The molecule has 0 saturated heterocycles. The van der Waals surface area contributed by atoms with E-state index in [9.17, 15) is 0 Å². The van der Waals surface area contributed by atoms with Crippen LogP contribution in [-0.4, -0.2) is 17.9 Å². The van der Waals surface area contributed by atoms with Crippen molar-refractivity contribution < 1.29 is 0 Å². The Kier molecular flexibility index (Phi) is 6.19. The van der Waals surface area contributed by atoms with E-state index in [-0.39, 0.29) is 0 Å². The van der Waals surface area contributed by atoms with E-state index in [2.05, 4.69) is 37.4 Å². The largest absolute Gasteiger partial charge is 0.165 e. The van der Waals surface area contributed by atoms with Crippen LogP contribution in [0.15, 0.2) is 24.3 Å². The van der Waals surface area contributed by atoms with Crippen molar-refractivity contribution in [1.82, 2.24) is 0 Å². The van der Waals surface area contributed by atoms with Gasteiger partial charge in [0.2, 0.25) is 0 Å². The molecule has 0 aliphatic heterocycles. The normalized spacial score (nSPS) is 12.7. The second-order valence-electron chi connectivity index (χ2n) is 3.93. The highest BCUT2D eigenvalue weighted by atomic mass is 35.5. The van der Waals surface area contributed by atoms with E-state index in [1.165, 1.54) is 23.3 Å². The van der Waals surface area contributed by atoms with Crippen LogP contribution < -0.4 is 0 Å². The minimum Gasteiger partial charge on any atom is -0.165 e. The molecule has 0 radical (unpaired) electrons. The average molecular weight is 243 g/mol. The van der Waals surface area contributed by atoms with Crippen molar-refractivity contribution >= 4 is 23.4 Å². The second kappa shape index (κ2) is 7.19. The molecule has 0 nitrogen and oxygen atoms in total. The molecule has 1 aromatic carbocycles. The van der Waals surface area contributed by atoms with Crippen LogP contribution in [0.2, 0.25) is 0 Å². The van der Waals surface area contributed by atoms with E-state index >= 15 is 0 Å². The van der Waals surface area contributed by atoms with Crippen LogP contribution >= 0.6 is 23.4 Å². The van der Waals surface area contributed by atoms with Gasteiger partial charge in [-0.3, -0.25) is 0 Å². The molecule has 0 amide bonds. The van der Waals surface area contributed by atoms with Crippen LogP contribution in [0.25, 0.3) is 0 Å². The number of aryl methyl sites for hydroxylation is 1. The molecule has 84 valence electrons. The lowest BCUT2D eigenvalue weighted by Gasteiger charge is -2.14. The smallest absolute Gasteiger partial charge is 0.0255 e. The molecule has 2 heteroatoms. The summed E-state index contributed by atoms with van der Waals surface area (Å²) >= 11 is 7.90. The van der Waals surface area contributed by atoms with Crippen molar-refractivity contribution in [1.29, 1.82) is 0 Å². The van der Waals surface area contributed by atoms with Crippen molar-refractivity contribution in [3.05, 3.63) is 35.4 Å². The van der Waals surface area contributed by atoms with Crippen LogP contribution in [0, 0.1) is 12.8 Å². The molecular formula is C13H19ClS. The first-order valence-corrected chi connectivity index (χ1v) is 7.30. The fraction of sp³-hybridized carbons (Fsp3) is 0.538. The molecule has 1 rings (SSSR count). The third-order valence-electron chi connectivity index (χ3n) is 2.72. The fourth-order valence-electron chi connectivity index (χ4n) is 1.67. The van der Waals surface area contributed by atoms with Gasteiger partial charge in [-0.1, -0.05) is 24.3 Å². The van der Waals surface area contributed by atoms with E-state index in [0.29, 0.717) is 5.92 Å². The van der Waals surface area contributed by atoms with Crippen molar-refractivity contribution in [2.45, 2.75) is 19.8 Å². The average Bonchev–Trinajstić information content (AvgIpc) is 2.26. The minimum absolute atomic E-state index is 0.625. The molecule has 15 heavy (non-hydrogen) atoms. The van der Waals surface area contributed by atoms with Crippen LogP contribution in [0.3, 0.4) is 0 Å². The maximum absolute atomic E-state index is 6.00. The summed E-state index contributed by atoms with van der Waals surface area (Å²) in [7, 11) is 0. The Morgan fingerprint density at radius 3 is 2.67 bits per heavy atom. The van der Waals surface area contributed by atoms with Gasteiger partial charge in [-0.15, -0.1) is 11.6 Å². The molecule has 0 aliphatic carbocycles. The highest BCUT2D eigenvalue weighted by molar-refractivity contribution is 7.98. The summed E-state index contributed by atoms with van der Waals surface area (Å²) in [5.74, 6) is 2.61. The monoisotopic (exact) mass is 242 g/mol. The summed E-state index contributed by atoms with van der Waals surface area (Å²) in [6.45, 7) is 2.18. The Labute approximate surface area is 102 Å². The summed E-state index contributed by atoms with van der Waals surface area (Å²) in [4.78, 5) is 0. The number of thioether (sulfide) groups is 1. The molecular weight excluding hydrogens is 224 g/mol. The molecule has 1 aromatic rings. The Bertz CT molecular complexity index is 286. The number of hydrogen-bond donors (Lipinski definition) is 0. The summed E-state index contributed by atoms with van der Waals surface area (Å²) in [6.07, 6.45) is 4.49. The highest BCUT2D eigenvalue weighted by Crippen LogP contribution is 2.18. The number of alkyl halides is 1. The molecule has 0 heterocycles. The minimum atomic E-state index is 0.625. The molecule has 0 aromatic heterocycles. The molecule has 1 unspecified atom stereocenters. The number of benzene rings is 1. The van der Waals surface area contributed by atoms with Crippen LogP contribution in [-0.2, 0) is 6.42 Å². The molecule has 0 fully saturated rings. The van der Waals surface area contributed by atoms with Gasteiger partial charge in [0, 0.05) is 5.88 Å². The quantitative estimate of drug-likeness (QED) is 0.676. The Morgan fingerprint density at radius 2 is 2.07 bits per heavy atom. The maximum Gasteiger partial charge on any atom is 0.0255 e. The van der Waals surface area contributed by atoms with Gasteiger partial charge in [0.1, 0.15) is 0 Å². The molecule has 0 N–H and O–H groups in total. The van der Waals surface area contributed by atoms with E-state index in [0.717, 1.165) is 12.3 Å². The lowest BCUT2D eigenvalue weighted by atomic mass is 9.96. The van der Waals surface area contributed by atoms with E-state index < -0.39 is 0 Å². The zero-order chi connectivity index (χ0) is 11.1. The lowest BCUT2D eigenvalue weighted by molar-refractivity contribution is 0.570. The van der Waals surface area contributed by atoms with Gasteiger partial charge in [0.15, 0.2) is 0 Å². The maximum atomic E-state index is 6.00. The zero-order valence-electron chi connectivity index (χ0n) is 9.50. The number of halogens is 1. The fourth-order valence-corrected chi connectivity index (χ4v) is 2.50. The molecule has 0 bridgehead atoms. The highest BCUT2D eigenvalue weighted by Gasteiger charge is 2.09. The predicted molar refractivity (Wildman–Crippen MR) is 72.1 cm³/mol. The van der Waals surface area contributed by atoms with Gasteiger partial charge in [-0.05, 0) is 48.8 Å². The lowest BCUT2D eigenvalue weighted by Crippen LogP contribution is -2.08. The Balaban J connectivity index is 2.54. The van der Waals surface area contributed by atoms with Crippen LogP contribution in [0.4, 0.5) is 0 Å². The predicted octanol–water partition coefficient (Wildman–Crippen LogP) is 4.15. The Hall–Kier alpha value is -0.140. The molecule has 0 saturated carbocycles. The number of hydrogen-bond acceptors (Lipinski definition) is 1. The van der Waals surface area contributed by atoms with E-state index in [1.807, 2.05) is 11.8 Å². The van der Waals surface area contributed by atoms with Crippen molar-refractivity contribution in [3.63, 3.8) is 0 Å². The first-order valence-electron chi connectivity index (χ1n) is 5.37. The van der Waals surface area contributed by atoms with Crippen molar-refractivity contribution in [2.75, 3.05) is 17.9 Å². The summed E-state index contributed by atoms with van der Waals surface area (Å²) in [6, 6.07) is 8.60. The SMILES string of the molecule is CSCCC(CCl)Cc1ccccc1C. The topological polar surface area (TPSA) is 0 Å². The van der Waals surface area contributed by atoms with E-state index in [1.54, 1.807) is 0 Å². The third-order valence-corrected chi connectivity index (χ3v) is 3.80. The third kappa shape index (κ3) is 4.48. The molecule has 0 spiro atoms. The van der Waals surface area contributed by atoms with Crippen LogP contribution in [0.1, 0.15) is 17.5 Å². The first-order chi connectivity index (χ1) is 7.27. The van der Waals surface area contributed by atoms with Gasteiger partial charge in [-0.25, -0.2) is 0 Å². The summed E-state index contributed by atoms with van der Waals surface area (Å²) in [5.41, 5.74) is 2.83. The van der Waals surface area contributed by atoms with Gasteiger partial charge in [-0.2, -0.15) is 11.8 Å². The molecule has 0 aliphatic rings. The van der Waals surface area contributed by atoms with Gasteiger partial charge in [0.25, 0.3) is 0 Å². The first kappa shape index (κ1) is 12.9.